The number of benzene rings is 1. The summed E-state index contributed by atoms with van der Waals surface area (Å²) in [4.78, 5) is 38.3. The second-order valence-corrected chi connectivity index (χ2v) is 8.34. The van der Waals surface area contributed by atoms with Gasteiger partial charge in [0.2, 0.25) is 11.8 Å². The minimum absolute atomic E-state index is 0.0385. The van der Waals surface area contributed by atoms with Crippen molar-refractivity contribution >= 4 is 11.8 Å². The second kappa shape index (κ2) is 7.46. The summed E-state index contributed by atoms with van der Waals surface area (Å²) >= 11 is 0. The lowest BCUT2D eigenvalue weighted by Crippen LogP contribution is -2.44. The van der Waals surface area contributed by atoms with Crippen LogP contribution in [0.1, 0.15) is 11.3 Å². The largest absolute Gasteiger partial charge is 0.497 e. The van der Waals surface area contributed by atoms with E-state index < -0.39 is 17.4 Å². The van der Waals surface area contributed by atoms with Gasteiger partial charge in [-0.2, -0.15) is 0 Å². The van der Waals surface area contributed by atoms with Crippen LogP contribution in [-0.4, -0.2) is 64.0 Å². The molecule has 1 spiro atoms. The van der Waals surface area contributed by atoms with E-state index in [1.807, 2.05) is 36.4 Å². The summed E-state index contributed by atoms with van der Waals surface area (Å²) in [6.45, 7) is 1.25. The Bertz CT molecular complexity index is 1040. The van der Waals surface area contributed by atoms with Gasteiger partial charge in [-0.3, -0.25) is 9.59 Å². The van der Waals surface area contributed by atoms with Crippen molar-refractivity contribution in [3.05, 3.63) is 66.3 Å². The molecule has 8 nitrogen and oxygen atoms in total. The second-order valence-electron chi connectivity index (χ2n) is 8.34. The van der Waals surface area contributed by atoms with Gasteiger partial charge in [-0.25, -0.2) is 9.97 Å². The number of amides is 2. The van der Waals surface area contributed by atoms with E-state index >= 15 is 0 Å². The third-order valence-electron chi connectivity index (χ3n) is 6.39. The summed E-state index contributed by atoms with van der Waals surface area (Å²) < 4.78 is 11.5. The number of likely N-dealkylation sites (tertiary alicyclic amines) is 1. The smallest absolute Gasteiger partial charge is 0.230 e. The number of hydrogen-bond donors (Lipinski definition) is 0. The predicted molar refractivity (Wildman–Crippen MR) is 111 cm³/mol. The average molecular weight is 420 g/mol. The number of rotatable bonds is 6. The van der Waals surface area contributed by atoms with Gasteiger partial charge >= 0.3 is 0 Å². The fourth-order valence-electron chi connectivity index (χ4n) is 4.97. The van der Waals surface area contributed by atoms with Gasteiger partial charge in [0, 0.05) is 19.8 Å². The van der Waals surface area contributed by atoms with E-state index in [1.54, 1.807) is 36.2 Å². The highest BCUT2D eigenvalue weighted by atomic mass is 16.5. The Hall–Kier alpha value is -3.26. The van der Waals surface area contributed by atoms with Crippen LogP contribution >= 0.6 is 0 Å². The normalized spacial score (nSPS) is 28.1. The van der Waals surface area contributed by atoms with E-state index in [1.165, 1.54) is 6.33 Å². The molecular weight excluding hydrogens is 396 g/mol. The van der Waals surface area contributed by atoms with Crippen LogP contribution in [0.3, 0.4) is 0 Å². The maximum atomic E-state index is 13.4. The zero-order valence-electron chi connectivity index (χ0n) is 17.5. The van der Waals surface area contributed by atoms with Crippen LogP contribution in [0.2, 0.25) is 0 Å². The van der Waals surface area contributed by atoms with Gasteiger partial charge in [0.05, 0.1) is 43.8 Å². The number of aromatic nitrogens is 2. The molecule has 0 saturated carbocycles. The Kier molecular flexibility index (Phi) is 4.74. The van der Waals surface area contributed by atoms with Crippen molar-refractivity contribution < 1.29 is 19.1 Å². The average Bonchev–Trinajstić information content (AvgIpc) is 3.42. The molecule has 3 aliphatic rings. The molecule has 160 valence electrons. The Labute approximate surface area is 180 Å². The molecule has 0 radical (unpaired) electrons. The SMILES string of the molecule is COc1cccc(CN2C[C@]34C=C[C@H](O3)[C@H](C(=O)N(C)Cc3ccncn3)[C@@H]4C2=O)c1. The van der Waals surface area contributed by atoms with E-state index in [9.17, 15) is 9.59 Å². The van der Waals surface area contributed by atoms with Gasteiger partial charge in [0.15, 0.2) is 0 Å². The molecule has 0 aliphatic carbocycles. The van der Waals surface area contributed by atoms with E-state index in [4.69, 9.17) is 9.47 Å². The van der Waals surface area contributed by atoms with E-state index in [0.717, 1.165) is 17.0 Å². The van der Waals surface area contributed by atoms with Crippen LogP contribution in [0.5, 0.6) is 5.75 Å². The molecule has 3 aliphatic heterocycles. The molecule has 2 aromatic rings. The first-order valence-corrected chi connectivity index (χ1v) is 10.3. The number of nitrogens with zero attached hydrogens (tertiary/aromatic N) is 4. The maximum Gasteiger partial charge on any atom is 0.230 e. The van der Waals surface area contributed by atoms with Gasteiger partial charge in [-0.05, 0) is 23.8 Å². The van der Waals surface area contributed by atoms with Crippen LogP contribution in [0.4, 0.5) is 0 Å². The molecule has 2 fully saturated rings. The number of methoxy groups -OCH3 is 1. The van der Waals surface area contributed by atoms with Crippen molar-refractivity contribution in [2.24, 2.45) is 11.8 Å². The first-order chi connectivity index (χ1) is 15.0. The Morgan fingerprint density at radius 2 is 2.26 bits per heavy atom. The first kappa shape index (κ1) is 19.7. The third-order valence-corrected chi connectivity index (χ3v) is 6.39. The topological polar surface area (TPSA) is 84.9 Å². The minimum atomic E-state index is -0.725. The molecule has 1 aromatic heterocycles. The summed E-state index contributed by atoms with van der Waals surface area (Å²) in [7, 11) is 3.36. The zero-order valence-corrected chi connectivity index (χ0v) is 17.5. The molecule has 0 unspecified atom stereocenters. The Balaban J connectivity index is 1.35. The van der Waals surface area contributed by atoms with Crippen LogP contribution in [0.15, 0.2) is 55.0 Å². The number of ether oxygens (including phenoxy) is 2. The highest BCUT2D eigenvalue weighted by Gasteiger charge is 2.67. The molecule has 2 bridgehead atoms. The number of fused-ring (bicyclic) bond motifs is 1. The number of carbonyl (C=O) groups excluding carboxylic acids is 2. The van der Waals surface area contributed by atoms with Gasteiger partial charge in [0.1, 0.15) is 17.7 Å². The molecule has 8 heteroatoms. The van der Waals surface area contributed by atoms with Crippen molar-refractivity contribution in [1.29, 1.82) is 0 Å². The van der Waals surface area contributed by atoms with Crippen molar-refractivity contribution in [3.63, 3.8) is 0 Å². The van der Waals surface area contributed by atoms with E-state index in [0.29, 0.717) is 19.6 Å². The predicted octanol–water partition coefficient (Wildman–Crippen LogP) is 1.43. The zero-order chi connectivity index (χ0) is 21.6. The van der Waals surface area contributed by atoms with Crippen molar-refractivity contribution in [1.82, 2.24) is 19.8 Å². The molecule has 4 heterocycles. The molecule has 0 N–H and O–H groups in total. The lowest BCUT2D eigenvalue weighted by atomic mass is 9.76. The van der Waals surface area contributed by atoms with Gasteiger partial charge in [-0.1, -0.05) is 24.3 Å². The quantitative estimate of drug-likeness (QED) is 0.658. The molecular formula is C23H24N4O4. The van der Waals surface area contributed by atoms with E-state index in [-0.39, 0.29) is 17.9 Å². The van der Waals surface area contributed by atoms with Crippen LogP contribution in [0, 0.1) is 11.8 Å². The van der Waals surface area contributed by atoms with Crippen molar-refractivity contribution in [3.8, 4) is 5.75 Å². The summed E-state index contributed by atoms with van der Waals surface area (Å²) in [5.41, 5.74) is 1.00. The highest BCUT2D eigenvalue weighted by Crippen LogP contribution is 2.52. The highest BCUT2D eigenvalue weighted by molar-refractivity contribution is 5.93. The van der Waals surface area contributed by atoms with Gasteiger partial charge in [-0.15, -0.1) is 0 Å². The van der Waals surface area contributed by atoms with Crippen LogP contribution < -0.4 is 4.74 Å². The van der Waals surface area contributed by atoms with Gasteiger partial charge in [0.25, 0.3) is 0 Å². The summed E-state index contributed by atoms with van der Waals surface area (Å²) in [5, 5.41) is 0. The molecule has 5 rings (SSSR count). The molecule has 1 aromatic carbocycles. The molecule has 4 atom stereocenters. The maximum absolute atomic E-state index is 13.4. The third kappa shape index (κ3) is 3.27. The van der Waals surface area contributed by atoms with Crippen molar-refractivity contribution in [2.45, 2.75) is 24.8 Å². The summed E-state index contributed by atoms with van der Waals surface area (Å²) in [6.07, 6.45) is 6.65. The van der Waals surface area contributed by atoms with Crippen molar-refractivity contribution in [2.75, 3.05) is 20.7 Å². The fourth-order valence-corrected chi connectivity index (χ4v) is 4.97. The van der Waals surface area contributed by atoms with E-state index in [2.05, 4.69) is 9.97 Å². The standard InChI is InChI=1S/C23H24N4O4/c1-26(12-16-7-9-24-14-25-16)21(28)19-18-6-8-23(31-18)13-27(22(29)20(19)23)11-15-4-3-5-17(10-15)30-2/h3-10,14,18-20H,11-13H2,1-2H3/t18-,19-,20+,23-/m0/s1. The molecule has 2 amide bonds. The monoisotopic (exact) mass is 420 g/mol. The Morgan fingerprint density at radius 1 is 1.39 bits per heavy atom. The minimum Gasteiger partial charge on any atom is -0.497 e. The summed E-state index contributed by atoms with van der Waals surface area (Å²) in [6, 6.07) is 9.45. The van der Waals surface area contributed by atoms with Crippen LogP contribution in [0.25, 0.3) is 0 Å². The summed E-state index contributed by atoms with van der Waals surface area (Å²) in [5.74, 6) is -0.424. The first-order valence-electron chi connectivity index (χ1n) is 10.3. The molecule has 2 saturated heterocycles. The molecule has 31 heavy (non-hydrogen) atoms. The number of carbonyl (C=O) groups is 2. The Morgan fingerprint density at radius 3 is 3.03 bits per heavy atom. The lowest BCUT2D eigenvalue weighted by Gasteiger charge is -2.27. The van der Waals surface area contributed by atoms with Crippen LogP contribution in [-0.2, 0) is 27.4 Å². The fraction of sp³-hybridized carbons (Fsp3) is 0.391. The lowest BCUT2D eigenvalue weighted by molar-refractivity contribution is -0.142. The van der Waals surface area contributed by atoms with Gasteiger partial charge < -0.3 is 19.3 Å². The number of hydrogen-bond acceptors (Lipinski definition) is 6.